The van der Waals surface area contributed by atoms with E-state index in [0.29, 0.717) is 0 Å². The standard InChI is InChI=1S/C15H16FNO3S/c1-15(2,3)12-8-21-13(17-12)7-20-11-5-4-9(14(18)19)6-10(11)16/h4-6,8H,7H2,1-3H3,(H,18,19). The Morgan fingerprint density at radius 1 is 1.43 bits per heavy atom. The fourth-order valence-electron chi connectivity index (χ4n) is 1.61. The van der Waals surface area contributed by atoms with Crippen molar-refractivity contribution in [3.8, 4) is 5.75 Å². The third-order valence-electron chi connectivity index (χ3n) is 2.85. The van der Waals surface area contributed by atoms with Gasteiger partial charge in [-0.3, -0.25) is 0 Å². The van der Waals surface area contributed by atoms with Crippen molar-refractivity contribution in [3.05, 3.63) is 45.7 Å². The minimum Gasteiger partial charge on any atom is -0.483 e. The quantitative estimate of drug-likeness (QED) is 0.931. The Balaban J connectivity index is 2.06. The number of ether oxygens (including phenoxy) is 1. The lowest BCUT2D eigenvalue weighted by atomic mass is 9.93. The smallest absolute Gasteiger partial charge is 0.335 e. The Labute approximate surface area is 126 Å². The SMILES string of the molecule is CC(C)(C)c1csc(COc2ccc(C(=O)O)cc2F)n1. The molecule has 0 aliphatic heterocycles. The highest BCUT2D eigenvalue weighted by molar-refractivity contribution is 7.09. The zero-order valence-electron chi connectivity index (χ0n) is 12.0. The van der Waals surface area contributed by atoms with Crippen LogP contribution in [0.25, 0.3) is 0 Å². The van der Waals surface area contributed by atoms with Crippen LogP contribution < -0.4 is 4.74 Å². The van der Waals surface area contributed by atoms with E-state index in [0.717, 1.165) is 16.8 Å². The molecule has 1 aromatic carbocycles. The van der Waals surface area contributed by atoms with Gasteiger partial charge >= 0.3 is 5.97 Å². The van der Waals surface area contributed by atoms with Gasteiger partial charge < -0.3 is 9.84 Å². The molecule has 0 aliphatic rings. The molecule has 2 aromatic rings. The molecule has 0 spiro atoms. The van der Waals surface area contributed by atoms with Gasteiger partial charge in [-0.25, -0.2) is 14.2 Å². The van der Waals surface area contributed by atoms with Gasteiger partial charge in [0.1, 0.15) is 11.6 Å². The van der Waals surface area contributed by atoms with Crippen LogP contribution in [0.4, 0.5) is 4.39 Å². The molecule has 2 rings (SSSR count). The Hall–Kier alpha value is -1.95. The average molecular weight is 309 g/mol. The molecule has 0 fully saturated rings. The molecule has 0 atom stereocenters. The number of hydrogen-bond donors (Lipinski definition) is 1. The van der Waals surface area contributed by atoms with Gasteiger partial charge in [0.15, 0.2) is 11.6 Å². The van der Waals surface area contributed by atoms with Gasteiger partial charge in [0.05, 0.1) is 11.3 Å². The molecule has 4 nitrogen and oxygen atoms in total. The second-order valence-electron chi connectivity index (χ2n) is 5.62. The highest BCUT2D eigenvalue weighted by Crippen LogP contribution is 2.25. The van der Waals surface area contributed by atoms with Crippen molar-refractivity contribution in [2.24, 2.45) is 0 Å². The first-order valence-corrected chi connectivity index (χ1v) is 7.26. The summed E-state index contributed by atoms with van der Waals surface area (Å²) in [6.45, 7) is 6.36. The predicted octanol–water partition coefficient (Wildman–Crippen LogP) is 3.86. The first kappa shape index (κ1) is 15.4. The minimum atomic E-state index is -1.17. The van der Waals surface area contributed by atoms with E-state index in [4.69, 9.17) is 9.84 Å². The number of thiazole rings is 1. The Morgan fingerprint density at radius 2 is 2.14 bits per heavy atom. The fraction of sp³-hybridized carbons (Fsp3) is 0.333. The first-order chi connectivity index (χ1) is 9.77. The molecule has 0 amide bonds. The third-order valence-corrected chi connectivity index (χ3v) is 3.67. The molecule has 1 aromatic heterocycles. The van der Waals surface area contributed by atoms with Crippen molar-refractivity contribution in [1.29, 1.82) is 0 Å². The maximum absolute atomic E-state index is 13.7. The topological polar surface area (TPSA) is 59.4 Å². The summed E-state index contributed by atoms with van der Waals surface area (Å²) < 4.78 is 19.1. The van der Waals surface area contributed by atoms with E-state index in [1.807, 2.05) is 5.38 Å². The van der Waals surface area contributed by atoms with Crippen LogP contribution in [0.3, 0.4) is 0 Å². The summed E-state index contributed by atoms with van der Waals surface area (Å²) in [6, 6.07) is 3.57. The molecule has 0 radical (unpaired) electrons. The zero-order valence-corrected chi connectivity index (χ0v) is 12.8. The minimum absolute atomic E-state index is 0.0208. The van der Waals surface area contributed by atoms with Crippen molar-refractivity contribution in [2.75, 3.05) is 0 Å². The number of nitrogens with zero attached hydrogens (tertiary/aromatic N) is 1. The van der Waals surface area contributed by atoms with Crippen LogP contribution in [0.15, 0.2) is 23.6 Å². The van der Waals surface area contributed by atoms with Crippen molar-refractivity contribution in [2.45, 2.75) is 32.8 Å². The normalized spacial score (nSPS) is 11.4. The van der Waals surface area contributed by atoms with E-state index in [9.17, 15) is 9.18 Å². The molecular weight excluding hydrogens is 293 g/mol. The van der Waals surface area contributed by atoms with Crippen molar-refractivity contribution >= 4 is 17.3 Å². The Bertz CT molecular complexity index is 661. The maximum Gasteiger partial charge on any atom is 0.335 e. The van der Waals surface area contributed by atoms with Crippen LogP contribution in [-0.2, 0) is 12.0 Å². The largest absolute Gasteiger partial charge is 0.483 e. The van der Waals surface area contributed by atoms with E-state index >= 15 is 0 Å². The number of benzene rings is 1. The fourth-order valence-corrected chi connectivity index (χ4v) is 2.54. The van der Waals surface area contributed by atoms with Gasteiger partial charge in [0, 0.05) is 10.8 Å². The molecule has 0 saturated heterocycles. The average Bonchev–Trinajstić information content (AvgIpc) is 2.85. The zero-order chi connectivity index (χ0) is 15.6. The summed E-state index contributed by atoms with van der Waals surface area (Å²) in [5.41, 5.74) is 0.820. The predicted molar refractivity (Wildman–Crippen MR) is 78.5 cm³/mol. The highest BCUT2D eigenvalue weighted by atomic mass is 32.1. The highest BCUT2D eigenvalue weighted by Gasteiger charge is 2.17. The van der Waals surface area contributed by atoms with Crippen molar-refractivity contribution in [1.82, 2.24) is 4.98 Å². The van der Waals surface area contributed by atoms with Crippen molar-refractivity contribution < 1.29 is 19.0 Å². The van der Waals surface area contributed by atoms with Gasteiger partial charge in [-0.2, -0.15) is 0 Å². The van der Waals surface area contributed by atoms with Gasteiger partial charge in [0.25, 0.3) is 0 Å². The van der Waals surface area contributed by atoms with Gasteiger partial charge in [-0.15, -0.1) is 11.3 Å². The lowest BCUT2D eigenvalue weighted by Gasteiger charge is -2.14. The molecule has 112 valence electrons. The molecule has 0 saturated carbocycles. The molecule has 21 heavy (non-hydrogen) atoms. The Kier molecular flexibility index (Phi) is 4.27. The van der Waals surface area contributed by atoms with Crippen molar-refractivity contribution in [3.63, 3.8) is 0 Å². The maximum atomic E-state index is 13.7. The van der Waals surface area contributed by atoms with Gasteiger partial charge in [0.2, 0.25) is 0 Å². The number of carboxylic acid groups (broad SMARTS) is 1. The molecule has 1 N–H and O–H groups in total. The number of aromatic nitrogens is 1. The summed E-state index contributed by atoms with van der Waals surface area (Å²) in [4.78, 5) is 15.2. The van der Waals surface area contributed by atoms with Crippen LogP contribution in [0.1, 0.15) is 41.8 Å². The molecular formula is C15H16FNO3S. The molecule has 1 heterocycles. The van der Waals surface area contributed by atoms with E-state index in [1.165, 1.54) is 23.5 Å². The number of hydrogen-bond acceptors (Lipinski definition) is 4. The molecule has 0 unspecified atom stereocenters. The second kappa shape index (κ2) is 5.81. The number of carboxylic acids is 1. The van der Waals surface area contributed by atoms with Crippen LogP contribution in [0.2, 0.25) is 0 Å². The first-order valence-electron chi connectivity index (χ1n) is 6.38. The van der Waals surface area contributed by atoms with Crippen LogP contribution >= 0.6 is 11.3 Å². The van der Waals surface area contributed by atoms with Gasteiger partial charge in [-0.1, -0.05) is 20.8 Å². The van der Waals surface area contributed by atoms with E-state index in [-0.39, 0.29) is 23.3 Å². The lowest BCUT2D eigenvalue weighted by molar-refractivity contribution is 0.0696. The summed E-state index contributed by atoms with van der Waals surface area (Å²) >= 11 is 1.46. The van der Waals surface area contributed by atoms with Gasteiger partial charge in [-0.05, 0) is 18.2 Å². The summed E-state index contributed by atoms with van der Waals surface area (Å²) in [7, 11) is 0. The monoisotopic (exact) mass is 309 g/mol. The molecule has 6 heteroatoms. The number of halogens is 1. The number of rotatable bonds is 4. The second-order valence-corrected chi connectivity index (χ2v) is 6.56. The molecule has 0 aliphatic carbocycles. The lowest BCUT2D eigenvalue weighted by Crippen LogP contribution is -2.11. The van der Waals surface area contributed by atoms with E-state index in [1.54, 1.807) is 0 Å². The van der Waals surface area contributed by atoms with Crippen LogP contribution in [-0.4, -0.2) is 16.1 Å². The number of aromatic carboxylic acids is 1. The van der Waals surface area contributed by atoms with Crippen LogP contribution in [0, 0.1) is 5.82 Å². The van der Waals surface area contributed by atoms with Crippen LogP contribution in [0.5, 0.6) is 5.75 Å². The summed E-state index contributed by atoms with van der Waals surface area (Å²) in [5.74, 6) is -1.84. The molecule has 0 bridgehead atoms. The summed E-state index contributed by atoms with van der Waals surface area (Å²) in [5, 5.41) is 11.5. The Morgan fingerprint density at radius 3 is 2.67 bits per heavy atom. The number of carbonyl (C=O) groups is 1. The third kappa shape index (κ3) is 3.78. The van der Waals surface area contributed by atoms with E-state index in [2.05, 4.69) is 25.8 Å². The van der Waals surface area contributed by atoms with E-state index < -0.39 is 11.8 Å². The summed E-state index contributed by atoms with van der Waals surface area (Å²) in [6.07, 6.45) is 0.